The van der Waals surface area contributed by atoms with E-state index in [4.69, 9.17) is 5.26 Å². The highest BCUT2D eigenvalue weighted by Crippen LogP contribution is 2.36. The summed E-state index contributed by atoms with van der Waals surface area (Å²) in [6.07, 6.45) is 0.653. The predicted molar refractivity (Wildman–Crippen MR) is 99.9 cm³/mol. The summed E-state index contributed by atoms with van der Waals surface area (Å²) >= 11 is 0. The highest BCUT2D eigenvalue weighted by molar-refractivity contribution is 7.92. The summed E-state index contributed by atoms with van der Waals surface area (Å²) in [5.41, 5.74) is -3.81. The molecule has 28 heavy (non-hydrogen) atoms. The molecule has 9 heteroatoms. The van der Waals surface area contributed by atoms with Crippen LogP contribution in [0.25, 0.3) is 0 Å². The zero-order chi connectivity index (χ0) is 20.4. The van der Waals surface area contributed by atoms with Gasteiger partial charge in [0.05, 0.1) is 22.2 Å². The molecule has 148 valence electrons. The van der Waals surface area contributed by atoms with Crippen LogP contribution in [-0.4, -0.2) is 40.1 Å². The second-order valence-electron chi connectivity index (χ2n) is 6.40. The van der Waals surface area contributed by atoms with Crippen molar-refractivity contribution in [1.29, 1.82) is 5.26 Å². The molecule has 0 radical (unpaired) electrons. The largest absolute Gasteiger partial charge is 0.501 e. The van der Waals surface area contributed by atoms with Crippen molar-refractivity contribution in [2.24, 2.45) is 0 Å². The van der Waals surface area contributed by atoms with Crippen molar-refractivity contribution in [3.63, 3.8) is 0 Å². The maximum absolute atomic E-state index is 13.1. The molecule has 0 N–H and O–H groups in total. The number of para-hydroxylation sites is 1. The number of anilines is 2. The molecule has 1 fully saturated rings. The van der Waals surface area contributed by atoms with Crippen LogP contribution >= 0.6 is 0 Å². The average Bonchev–Trinajstić information content (AvgIpc) is 2.93. The lowest BCUT2D eigenvalue weighted by Gasteiger charge is -2.26. The van der Waals surface area contributed by atoms with Gasteiger partial charge in [-0.25, -0.2) is 8.42 Å². The van der Waals surface area contributed by atoms with E-state index in [1.54, 1.807) is 17.0 Å². The maximum atomic E-state index is 13.1. The molecule has 3 rings (SSSR count). The molecular weight excluding hydrogens is 391 g/mol. The van der Waals surface area contributed by atoms with E-state index in [0.29, 0.717) is 38.2 Å². The number of hydrogen-bond acceptors (Lipinski definition) is 5. The summed E-state index contributed by atoms with van der Waals surface area (Å²) in [6.45, 7) is 2.02. The van der Waals surface area contributed by atoms with Crippen LogP contribution in [0.3, 0.4) is 0 Å². The third-order valence-corrected chi connectivity index (χ3v) is 6.19. The minimum absolute atomic E-state index is 0.0708. The Balaban J connectivity index is 1.84. The second kappa shape index (κ2) is 7.72. The van der Waals surface area contributed by atoms with E-state index in [1.807, 2.05) is 12.1 Å². The van der Waals surface area contributed by atoms with Gasteiger partial charge >= 0.3 is 5.51 Å². The summed E-state index contributed by atoms with van der Waals surface area (Å²) in [4.78, 5) is 3.04. The van der Waals surface area contributed by atoms with Crippen LogP contribution in [0.15, 0.2) is 53.4 Å². The third kappa shape index (κ3) is 3.92. The van der Waals surface area contributed by atoms with Crippen LogP contribution in [0.5, 0.6) is 0 Å². The highest BCUT2D eigenvalue weighted by atomic mass is 32.2. The molecule has 0 spiro atoms. The van der Waals surface area contributed by atoms with Gasteiger partial charge < -0.3 is 9.80 Å². The fourth-order valence-corrected chi connectivity index (χ4v) is 4.21. The van der Waals surface area contributed by atoms with Crippen LogP contribution in [-0.2, 0) is 9.84 Å². The molecule has 0 aliphatic carbocycles. The maximum Gasteiger partial charge on any atom is 0.501 e. The van der Waals surface area contributed by atoms with Crippen molar-refractivity contribution in [1.82, 2.24) is 0 Å². The number of nitrogens with zero attached hydrogens (tertiary/aromatic N) is 3. The molecular formula is C19H18F3N3O2S. The van der Waals surface area contributed by atoms with Crippen molar-refractivity contribution in [2.75, 3.05) is 36.0 Å². The normalized spacial score (nSPS) is 15.8. The molecule has 1 aliphatic rings. The number of benzene rings is 2. The first-order valence-corrected chi connectivity index (χ1v) is 10.1. The molecule has 0 amide bonds. The van der Waals surface area contributed by atoms with Gasteiger partial charge in [0.25, 0.3) is 9.84 Å². The highest BCUT2D eigenvalue weighted by Gasteiger charge is 2.48. The number of halogens is 3. The number of rotatable bonds is 3. The van der Waals surface area contributed by atoms with Gasteiger partial charge in [-0.3, -0.25) is 0 Å². The summed E-state index contributed by atoms with van der Waals surface area (Å²) in [7, 11) is -5.43. The van der Waals surface area contributed by atoms with Crippen molar-refractivity contribution < 1.29 is 21.6 Å². The van der Waals surface area contributed by atoms with Crippen molar-refractivity contribution in [2.45, 2.75) is 16.8 Å². The number of nitriles is 1. The fraction of sp³-hybridized carbons (Fsp3) is 0.316. The van der Waals surface area contributed by atoms with Crippen LogP contribution in [0.1, 0.15) is 12.0 Å². The van der Waals surface area contributed by atoms with Gasteiger partial charge in [-0.05, 0) is 42.8 Å². The van der Waals surface area contributed by atoms with Crippen LogP contribution < -0.4 is 9.80 Å². The van der Waals surface area contributed by atoms with Gasteiger partial charge in [-0.2, -0.15) is 18.4 Å². The Hall–Kier alpha value is -2.73. The van der Waals surface area contributed by atoms with Gasteiger partial charge in [0.1, 0.15) is 0 Å². The van der Waals surface area contributed by atoms with Gasteiger partial charge in [0, 0.05) is 31.9 Å². The Kier molecular flexibility index (Phi) is 5.52. The van der Waals surface area contributed by atoms with E-state index >= 15 is 0 Å². The molecule has 0 saturated carbocycles. The molecule has 2 aromatic rings. The first-order valence-electron chi connectivity index (χ1n) is 8.64. The molecule has 0 unspecified atom stereocenters. The Morgan fingerprint density at radius 2 is 1.50 bits per heavy atom. The van der Waals surface area contributed by atoms with Gasteiger partial charge in [0.15, 0.2) is 0 Å². The van der Waals surface area contributed by atoms with Crippen LogP contribution in [0.4, 0.5) is 24.5 Å². The lowest BCUT2D eigenvalue weighted by molar-refractivity contribution is -0.0435. The van der Waals surface area contributed by atoms with E-state index in [0.717, 1.165) is 11.8 Å². The Morgan fingerprint density at radius 1 is 0.893 bits per heavy atom. The molecule has 1 aliphatic heterocycles. The minimum atomic E-state index is -5.43. The van der Waals surface area contributed by atoms with E-state index in [1.165, 1.54) is 18.2 Å². The van der Waals surface area contributed by atoms with E-state index in [2.05, 4.69) is 11.0 Å². The van der Waals surface area contributed by atoms with E-state index < -0.39 is 20.2 Å². The summed E-state index contributed by atoms with van der Waals surface area (Å²) in [6, 6.07) is 14.4. The molecule has 1 heterocycles. The van der Waals surface area contributed by atoms with Crippen molar-refractivity contribution in [3.05, 3.63) is 54.1 Å². The lowest BCUT2D eigenvalue weighted by Crippen LogP contribution is -2.32. The van der Waals surface area contributed by atoms with Crippen molar-refractivity contribution in [3.8, 4) is 6.07 Å². The summed E-state index contributed by atoms with van der Waals surface area (Å²) in [5.74, 6) is 0. The molecule has 5 nitrogen and oxygen atoms in total. The standard InChI is InChI=1S/C19H18F3N3O2S/c20-19(21,22)28(26,27)18-5-2-1-4-17(18)25-11-3-10-24(12-13-25)16-8-6-15(14-23)7-9-16/h1-2,4-9H,3,10-13H2. The monoisotopic (exact) mass is 409 g/mol. The molecule has 2 aromatic carbocycles. The summed E-state index contributed by atoms with van der Waals surface area (Å²) in [5, 5.41) is 8.89. The van der Waals surface area contributed by atoms with Gasteiger partial charge in [0.2, 0.25) is 0 Å². The predicted octanol–water partition coefficient (Wildman–Crippen LogP) is 3.57. The zero-order valence-corrected chi connectivity index (χ0v) is 15.7. The second-order valence-corrected chi connectivity index (χ2v) is 8.31. The fourth-order valence-electron chi connectivity index (χ4n) is 3.23. The van der Waals surface area contributed by atoms with Gasteiger partial charge in [-0.1, -0.05) is 12.1 Å². The Morgan fingerprint density at radius 3 is 2.14 bits per heavy atom. The average molecular weight is 409 g/mol. The van der Waals surface area contributed by atoms with Crippen LogP contribution in [0.2, 0.25) is 0 Å². The molecule has 0 bridgehead atoms. The van der Waals surface area contributed by atoms with Gasteiger partial charge in [-0.15, -0.1) is 0 Å². The quantitative estimate of drug-likeness (QED) is 0.776. The zero-order valence-electron chi connectivity index (χ0n) is 14.9. The molecule has 0 aromatic heterocycles. The topological polar surface area (TPSA) is 64.4 Å². The van der Waals surface area contributed by atoms with Crippen molar-refractivity contribution >= 4 is 21.2 Å². The Bertz CT molecular complexity index is 983. The first-order chi connectivity index (χ1) is 13.2. The SMILES string of the molecule is N#Cc1ccc(N2CCCN(c3ccccc3S(=O)(=O)C(F)(F)F)CC2)cc1. The van der Waals surface area contributed by atoms with Crippen LogP contribution in [0, 0.1) is 11.3 Å². The first kappa shape index (κ1) is 20.0. The summed E-state index contributed by atoms with van der Waals surface area (Å²) < 4.78 is 63.1. The smallest absolute Gasteiger partial charge is 0.370 e. The van der Waals surface area contributed by atoms with E-state index in [9.17, 15) is 21.6 Å². The minimum Gasteiger partial charge on any atom is -0.370 e. The molecule has 1 saturated heterocycles. The number of hydrogen-bond donors (Lipinski definition) is 0. The lowest BCUT2D eigenvalue weighted by atomic mass is 10.2. The molecule has 0 atom stereocenters. The third-order valence-electron chi connectivity index (χ3n) is 4.66. The van der Waals surface area contributed by atoms with E-state index in [-0.39, 0.29) is 5.69 Å². The number of alkyl halides is 3. The Labute approximate surface area is 161 Å². The number of sulfone groups is 1.